The van der Waals surface area contributed by atoms with E-state index in [9.17, 15) is 4.79 Å². The first-order valence-electron chi connectivity index (χ1n) is 8.77. The van der Waals surface area contributed by atoms with E-state index in [2.05, 4.69) is 31.2 Å². The first-order valence-corrected chi connectivity index (χ1v) is 8.77. The van der Waals surface area contributed by atoms with Crippen LogP contribution in [0, 0.1) is 0 Å². The number of piperazine rings is 1. The van der Waals surface area contributed by atoms with Gasteiger partial charge >= 0.3 is 6.03 Å². The monoisotopic (exact) mass is 338 g/mol. The van der Waals surface area contributed by atoms with Crippen LogP contribution in [-0.2, 0) is 6.54 Å². The lowest BCUT2D eigenvalue weighted by molar-refractivity contribution is 0.143. The number of anilines is 1. The SMILES string of the molecule is O=C(Nc1cnc(C2CC2)nc1)N1CCN(Cc2cccnc2)CC1. The van der Waals surface area contributed by atoms with E-state index in [0.717, 1.165) is 25.5 Å². The van der Waals surface area contributed by atoms with Gasteiger partial charge in [0, 0.05) is 51.0 Å². The van der Waals surface area contributed by atoms with Gasteiger partial charge in [-0.3, -0.25) is 9.88 Å². The summed E-state index contributed by atoms with van der Waals surface area (Å²) in [6.07, 6.45) is 9.44. The normalized spacial score (nSPS) is 18.2. The number of pyridine rings is 1. The summed E-state index contributed by atoms with van der Waals surface area (Å²) in [5.74, 6) is 1.42. The van der Waals surface area contributed by atoms with E-state index in [1.165, 1.54) is 18.4 Å². The molecular formula is C18H22N6O. The van der Waals surface area contributed by atoms with E-state index in [1.807, 2.05) is 17.2 Å². The van der Waals surface area contributed by atoms with Crippen LogP contribution in [0.3, 0.4) is 0 Å². The minimum atomic E-state index is -0.0798. The van der Waals surface area contributed by atoms with Crippen molar-refractivity contribution in [2.45, 2.75) is 25.3 Å². The Bertz CT molecular complexity index is 708. The van der Waals surface area contributed by atoms with Gasteiger partial charge in [0.1, 0.15) is 5.82 Å². The number of hydrogen-bond donors (Lipinski definition) is 1. The van der Waals surface area contributed by atoms with Crippen molar-refractivity contribution in [2.24, 2.45) is 0 Å². The number of nitrogens with zero attached hydrogens (tertiary/aromatic N) is 5. The molecule has 1 aliphatic heterocycles. The van der Waals surface area contributed by atoms with Crippen molar-refractivity contribution in [3.63, 3.8) is 0 Å². The number of carbonyl (C=O) groups is 1. The van der Waals surface area contributed by atoms with Gasteiger partial charge in [0.15, 0.2) is 0 Å². The molecule has 2 aromatic rings. The van der Waals surface area contributed by atoms with Gasteiger partial charge in [-0.25, -0.2) is 14.8 Å². The average molecular weight is 338 g/mol. The van der Waals surface area contributed by atoms with Crippen LogP contribution in [0.4, 0.5) is 10.5 Å². The maximum atomic E-state index is 12.4. The molecule has 1 saturated carbocycles. The van der Waals surface area contributed by atoms with Crippen LogP contribution in [0.2, 0.25) is 0 Å². The second kappa shape index (κ2) is 7.14. The molecule has 4 rings (SSSR count). The second-order valence-corrected chi connectivity index (χ2v) is 6.66. The Hall–Kier alpha value is -2.54. The molecule has 130 valence electrons. The maximum Gasteiger partial charge on any atom is 0.322 e. The molecule has 0 unspecified atom stereocenters. The number of hydrogen-bond acceptors (Lipinski definition) is 5. The lowest BCUT2D eigenvalue weighted by atomic mass is 10.2. The van der Waals surface area contributed by atoms with Crippen molar-refractivity contribution in [1.82, 2.24) is 24.8 Å². The van der Waals surface area contributed by atoms with E-state index >= 15 is 0 Å². The zero-order chi connectivity index (χ0) is 17.1. The molecule has 2 fully saturated rings. The number of carbonyl (C=O) groups excluding carboxylic acids is 1. The minimum Gasteiger partial charge on any atom is -0.322 e. The third kappa shape index (κ3) is 4.11. The summed E-state index contributed by atoms with van der Waals surface area (Å²) in [6, 6.07) is 3.95. The van der Waals surface area contributed by atoms with Crippen LogP contribution in [-0.4, -0.2) is 57.0 Å². The first-order chi connectivity index (χ1) is 12.3. The van der Waals surface area contributed by atoms with Crippen molar-refractivity contribution in [3.8, 4) is 0 Å². The lowest BCUT2D eigenvalue weighted by Gasteiger charge is -2.34. The van der Waals surface area contributed by atoms with Crippen LogP contribution in [0.5, 0.6) is 0 Å². The largest absolute Gasteiger partial charge is 0.322 e. The third-order valence-electron chi connectivity index (χ3n) is 4.65. The van der Waals surface area contributed by atoms with E-state index in [4.69, 9.17) is 0 Å². The van der Waals surface area contributed by atoms with E-state index in [0.29, 0.717) is 24.7 Å². The molecule has 1 aliphatic carbocycles. The van der Waals surface area contributed by atoms with Gasteiger partial charge in [0.05, 0.1) is 18.1 Å². The van der Waals surface area contributed by atoms with Crippen LogP contribution < -0.4 is 5.32 Å². The van der Waals surface area contributed by atoms with Crippen LogP contribution in [0.25, 0.3) is 0 Å². The number of rotatable bonds is 4. The van der Waals surface area contributed by atoms with Gasteiger partial charge in [0.25, 0.3) is 0 Å². The van der Waals surface area contributed by atoms with Gasteiger partial charge in [-0.2, -0.15) is 0 Å². The highest BCUT2D eigenvalue weighted by molar-refractivity contribution is 5.89. The van der Waals surface area contributed by atoms with Crippen LogP contribution >= 0.6 is 0 Å². The Labute approximate surface area is 147 Å². The molecule has 0 radical (unpaired) electrons. The molecule has 1 saturated heterocycles. The fourth-order valence-corrected chi connectivity index (χ4v) is 3.02. The number of aromatic nitrogens is 3. The average Bonchev–Trinajstić information content (AvgIpc) is 3.49. The van der Waals surface area contributed by atoms with Crippen molar-refractivity contribution >= 4 is 11.7 Å². The Balaban J connectivity index is 1.26. The summed E-state index contributed by atoms with van der Waals surface area (Å²) in [5, 5.41) is 2.90. The molecule has 0 spiro atoms. The van der Waals surface area contributed by atoms with Crippen molar-refractivity contribution in [3.05, 3.63) is 48.3 Å². The quantitative estimate of drug-likeness (QED) is 0.924. The number of urea groups is 1. The van der Waals surface area contributed by atoms with E-state index < -0.39 is 0 Å². The van der Waals surface area contributed by atoms with Gasteiger partial charge in [0.2, 0.25) is 0 Å². The fraction of sp³-hybridized carbons (Fsp3) is 0.444. The predicted molar refractivity (Wildman–Crippen MR) is 94.1 cm³/mol. The molecule has 2 amide bonds. The highest BCUT2D eigenvalue weighted by atomic mass is 16.2. The summed E-state index contributed by atoms with van der Waals surface area (Å²) in [6.45, 7) is 4.03. The summed E-state index contributed by atoms with van der Waals surface area (Å²) < 4.78 is 0. The lowest BCUT2D eigenvalue weighted by Crippen LogP contribution is -2.49. The Morgan fingerprint density at radius 2 is 1.88 bits per heavy atom. The van der Waals surface area contributed by atoms with E-state index in [1.54, 1.807) is 18.6 Å². The van der Waals surface area contributed by atoms with Crippen LogP contribution in [0.1, 0.15) is 30.1 Å². The van der Waals surface area contributed by atoms with Gasteiger partial charge in [-0.1, -0.05) is 6.07 Å². The Kier molecular flexibility index (Phi) is 4.56. The molecule has 3 heterocycles. The molecule has 7 heteroatoms. The van der Waals surface area contributed by atoms with Crippen molar-refractivity contribution < 1.29 is 4.79 Å². The molecule has 2 aromatic heterocycles. The van der Waals surface area contributed by atoms with Crippen LogP contribution in [0.15, 0.2) is 36.9 Å². The molecular weight excluding hydrogens is 316 g/mol. The fourth-order valence-electron chi connectivity index (χ4n) is 3.02. The number of nitrogens with one attached hydrogen (secondary N) is 1. The van der Waals surface area contributed by atoms with E-state index in [-0.39, 0.29) is 6.03 Å². The predicted octanol–water partition coefficient (Wildman–Crippen LogP) is 2.10. The summed E-state index contributed by atoms with van der Waals surface area (Å²) in [4.78, 5) is 29.4. The molecule has 7 nitrogen and oxygen atoms in total. The molecule has 25 heavy (non-hydrogen) atoms. The minimum absolute atomic E-state index is 0.0798. The third-order valence-corrected chi connectivity index (χ3v) is 4.65. The molecule has 2 aliphatic rings. The maximum absolute atomic E-state index is 12.4. The van der Waals surface area contributed by atoms with Crippen molar-refractivity contribution in [2.75, 3.05) is 31.5 Å². The standard InChI is InChI=1S/C18H22N6O/c25-18(22-16-11-20-17(21-12-16)15-3-4-15)24-8-6-23(7-9-24)13-14-2-1-5-19-10-14/h1-2,5,10-12,15H,3-4,6-9,13H2,(H,22,25). The molecule has 0 atom stereocenters. The molecule has 1 N–H and O–H groups in total. The number of amides is 2. The molecule has 0 bridgehead atoms. The zero-order valence-electron chi connectivity index (χ0n) is 14.1. The Morgan fingerprint density at radius 3 is 2.52 bits per heavy atom. The van der Waals surface area contributed by atoms with Gasteiger partial charge in [-0.15, -0.1) is 0 Å². The summed E-state index contributed by atoms with van der Waals surface area (Å²) >= 11 is 0. The highest BCUT2D eigenvalue weighted by Gasteiger charge is 2.26. The summed E-state index contributed by atoms with van der Waals surface area (Å²) in [5.41, 5.74) is 1.86. The first kappa shape index (κ1) is 16.0. The summed E-state index contributed by atoms with van der Waals surface area (Å²) in [7, 11) is 0. The second-order valence-electron chi connectivity index (χ2n) is 6.66. The van der Waals surface area contributed by atoms with Gasteiger partial charge < -0.3 is 10.2 Å². The topological polar surface area (TPSA) is 74.2 Å². The van der Waals surface area contributed by atoms with Crippen molar-refractivity contribution in [1.29, 1.82) is 0 Å². The highest BCUT2D eigenvalue weighted by Crippen LogP contribution is 2.37. The Morgan fingerprint density at radius 1 is 1.12 bits per heavy atom. The smallest absolute Gasteiger partial charge is 0.322 e. The van der Waals surface area contributed by atoms with Gasteiger partial charge in [-0.05, 0) is 24.5 Å². The molecule has 0 aromatic carbocycles. The zero-order valence-corrected chi connectivity index (χ0v) is 14.1.